The van der Waals surface area contributed by atoms with Gasteiger partial charge in [-0.25, -0.2) is 4.39 Å². The average Bonchev–Trinajstić information content (AvgIpc) is 2.76. The molecule has 2 aliphatic rings. The van der Waals surface area contributed by atoms with E-state index in [1.807, 2.05) is 17.8 Å². The van der Waals surface area contributed by atoms with Crippen LogP contribution in [0.2, 0.25) is 0 Å². The second kappa shape index (κ2) is 4.44. The van der Waals surface area contributed by atoms with Gasteiger partial charge < -0.3 is 0 Å². The van der Waals surface area contributed by atoms with Gasteiger partial charge in [0, 0.05) is 24.1 Å². The van der Waals surface area contributed by atoms with Gasteiger partial charge in [0.25, 0.3) is 0 Å². The van der Waals surface area contributed by atoms with Gasteiger partial charge in [-0.3, -0.25) is 4.68 Å². The van der Waals surface area contributed by atoms with Crippen LogP contribution >= 0.6 is 0 Å². The highest BCUT2D eigenvalue weighted by Gasteiger charge is 2.35. The van der Waals surface area contributed by atoms with Crippen molar-refractivity contribution in [2.75, 3.05) is 0 Å². The molecule has 1 fully saturated rings. The number of aryl methyl sites for hydroxylation is 1. The fourth-order valence-corrected chi connectivity index (χ4v) is 4.13. The van der Waals surface area contributed by atoms with E-state index in [0.29, 0.717) is 5.92 Å². The summed E-state index contributed by atoms with van der Waals surface area (Å²) < 4.78 is 15.5. The first-order valence-electron chi connectivity index (χ1n) is 7.54. The van der Waals surface area contributed by atoms with Crippen LogP contribution in [-0.2, 0) is 13.5 Å². The highest BCUT2D eigenvalue weighted by atomic mass is 19.1. The maximum Gasteiger partial charge on any atom is 0.123 e. The molecule has 0 saturated heterocycles. The molecule has 0 spiro atoms. The lowest BCUT2D eigenvalue weighted by atomic mass is 9.71. The first-order valence-corrected chi connectivity index (χ1v) is 7.54. The Hall–Kier alpha value is -1.64. The van der Waals surface area contributed by atoms with E-state index in [1.54, 1.807) is 12.1 Å². The third-order valence-corrected chi connectivity index (χ3v) is 4.94. The molecule has 4 rings (SSSR count). The van der Waals surface area contributed by atoms with Crippen LogP contribution in [0.4, 0.5) is 4.39 Å². The fraction of sp³-hybridized carbons (Fsp3) is 0.471. The van der Waals surface area contributed by atoms with E-state index in [1.165, 1.54) is 43.0 Å². The molecule has 2 aromatic rings. The van der Waals surface area contributed by atoms with E-state index in [4.69, 9.17) is 5.10 Å². The molecule has 3 heteroatoms. The highest BCUT2D eigenvalue weighted by molar-refractivity contribution is 5.65. The Labute approximate surface area is 118 Å². The van der Waals surface area contributed by atoms with E-state index < -0.39 is 0 Å². The Bertz CT molecular complexity index is 659. The average molecular weight is 270 g/mol. The normalized spacial score (nSPS) is 24.5. The minimum absolute atomic E-state index is 0.173. The predicted molar refractivity (Wildman–Crippen MR) is 77.0 cm³/mol. The van der Waals surface area contributed by atoms with Crippen LogP contribution < -0.4 is 0 Å². The molecule has 20 heavy (non-hydrogen) atoms. The number of rotatable bonds is 1. The minimum atomic E-state index is -0.173. The van der Waals surface area contributed by atoms with Crippen LogP contribution in [0, 0.1) is 11.7 Å². The lowest BCUT2D eigenvalue weighted by molar-refractivity contribution is 0.295. The summed E-state index contributed by atoms with van der Waals surface area (Å²) in [5, 5.41) is 4.77. The summed E-state index contributed by atoms with van der Waals surface area (Å²) in [6.45, 7) is 0. The zero-order chi connectivity index (χ0) is 13.7. The molecule has 1 aromatic heterocycles. The van der Waals surface area contributed by atoms with Crippen molar-refractivity contribution in [3.05, 3.63) is 41.3 Å². The number of halogens is 1. The van der Waals surface area contributed by atoms with E-state index in [0.717, 1.165) is 23.6 Å². The summed E-state index contributed by atoms with van der Waals surface area (Å²) >= 11 is 0. The van der Waals surface area contributed by atoms with Gasteiger partial charge in [-0.1, -0.05) is 25.0 Å². The number of nitrogens with zero attached hydrogens (tertiary/aromatic N) is 2. The third kappa shape index (κ3) is 1.80. The summed E-state index contributed by atoms with van der Waals surface area (Å²) in [6.07, 6.45) is 6.36. The lowest BCUT2D eigenvalue weighted by Gasteiger charge is -2.33. The van der Waals surface area contributed by atoms with Gasteiger partial charge in [0.2, 0.25) is 0 Å². The Balaban J connectivity index is 1.87. The SMILES string of the molecule is Cn1nc2c(c1-c1cccc(F)c1)C[C@H]1CCC[C@@H]2C1. The van der Waals surface area contributed by atoms with Crippen molar-refractivity contribution < 1.29 is 4.39 Å². The molecule has 0 unspecified atom stereocenters. The summed E-state index contributed by atoms with van der Waals surface area (Å²) in [6, 6.07) is 6.90. The van der Waals surface area contributed by atoms with Gasteiger partial charge in [-0.15, -0.1) is 0 Å². The largest absolute Gasteiger partial charge is 0.267 e. The first kappa shape index (κ1) is 12.1. The second-order valence-corrected chi connectivity index (χ2v) is 6.28. The van der Waals surface area contributed by atoms with Crippen molar-refractivity contribution in [1.82, 2.24) is 9.78 Å². The maximum atomic E-state index is 13.5. The standard InChI is InChI=1S/C17H19FN2/c1-20-17(13-6-3-7-14(18)10-13)15-9-11-4-2-5-12(8-11)16(15)19-20/h3,6-7,10-12H,2,4-5,8-9H2,1H3/t11-,12+/m0/s1. The van der Waals surface area contributed by atoms with Crippen molar-refractivity contribution in [3.63, 3.8) is 0 Å². The number of fused-ring (bicyclic) bond motifs is 4. The first-order chi connectivity index (χ1) is 9.72. The molecule has 2 bridgehead atoms. The van der Waals surface area contributed by atoms with Gasteiger partial charge in [-0.05, 0) is 37.3 Å². The van der Waals surface area contributed by atoms with Gasteiger partial charge in [-0.2, -0.15) is 5.10 Å². The topological polar surface area (TPSA) is 17.8 Å². The second-order valence-electron chi connectivity index (χ2n) is 6.28. The van der Waals surface area contributed by atoms with Gasteiger partial charge >= 0.3 is 0 Å². The molecule has 1 saturated carbocycles. The van der Waals surface area contributed by atoms with Gasteiger partial charge in [0.1, 0.15) is 5.82 Å². The number of benzene rings is 1. The lowest BCUT2D eigenvalue weighted by Crippen LogP contribution is -2.22. The molecule has 1 aromatic carbocycles. The summed E-state index contributed by atoms with van der Waals surface area (Å²) in [5.41, 5.74) is 4.74. The molecule has 2 nitrogen and oxygen atoms in total. The molecular weight excluding hydrogens is 251 g/mol. The quantitative estimate of drug-likeness (QED) is 0.764. The molecule has 0 aliphatic heterocycles. The maximum absolute atomic E-state index is 13.5. The van der Waals surface area contributed by atoms with E-state index in [-0.39, 0.29) is 5.82 Å². The molecule has 104 valence electrons. The molecule has 2 aliphatic carbocycles. The Morgan fingerprint density at radius 1 is 1.30 bits per heavy atom. The van der Waals surface area contributed by atoms with Crippen LogP contribution in [0.1, 0.15) is 42.9 Å². The molecule has 0 N–H and O–H groups in total. The molecule has 2 atom stereocenters. The van der Waals surface area contributed by atoms with Crippen LogP contribution in [-0.4, -0.2) is 9.78 Å². The highest BCUT2D eigenvalue weighted by Crippen LogP contribution is 2.46. The third-order valence-electron chi connectivity index (χ3n) is 4.94. The van der Waals surface area contributed by atoms with Crippen molar-refractivity contribution in [3.8, 4) is 11.3 Å². The van der Waals surface area contributed by atoms with Crippen LogP contribution in [0.15, 0.2) is 24.3 Å². The van der Waals surface area contributed by atoms with Crippen LogP contribution in [0.5, 0.6) is 0 Å². The van der Waals surface area contributed by atoms with Crippen molar-refractivity contribution in [2.24, 2.45) is 13.0 Å². The fourth-order valence-electron chi connectivity index (χ4n) is 4.13. The summed E-state index contributed by atoms with van der Waals surface area (Å²) in [5.74, 6) is 1.26. The molecule has 0 amide bonds. The van der Waals surface area contributed by atoms with Crippen molar-refractivity contribution in [1.29, 1.82) is 0 Å². The summed E-state index contributed by atoms with van der Waals surface area (Å²) in [4.78, 5) is 0. The Morgan fingerprint density at radius 3 is 3.05 bits per heavy atom. The van der Waals surface area contributed by atoms with Crippen LogP contribution in [0.25, 0.3) is 11.3 Å². The van der Waals surface area contributed by atoms with Crippen LogP contribution in [0.3, 0.4) is 0 Å². The molecule has 1 heterocycles. The number of aromatic nitrogens is 2. The zero-order valence-corrected chi connectivity index (χ0v) is 11.8. The van der Waals surface area contributed by atoms with Crippen molar-refractivity contribution >= 4 is 0 Å². The van der Waals surface area contributed by atoms with E-state index >= 15 is 0 Å². The van der Waals surface area contributed by atoms with E-state index in [9.17, 15) is 4.39 Å². The molecule has 0 radical (unpaired) electrons. The Kier molecular flexibility index (Phi) is 2.69. The van der Waals surface area contributed by atoms with Gasteiger partial charge in [0.05, 0.1) is 11.4 Å². The Morgan fingerprint density at radius 2 is 2.20 bits per heavy atom. The number of hydrogen-bond acceptors (Lipinski definition) is 1. The smallest absolute Gasteiger partial charge is 0.123 e. The number of hydrogen-bond donors (Lipinski definition) is 0. The van der Waals surface area contributed by atoms with Crippen molar-refractivity contribution in [2.45, 2.75) is 38.0 Å². The van der Waals surface area contributed by atoms with Gasteiger partial charge in [0.15, 0.2) is 0 Å². The summed E-state index contributed by atoms with van der Waals surface area (Å²) in [7, 11) is 1.99. The minimum Gasteiger partial charge on any atom is -0.267 e. The molecular formula is C17H19FN2. The predicted octanol–water partition coefficient (Wildman–Crippen LogP) is 4.06. The monoisotopic (exact) mass is 270 g/mol. The zero-order valence-electron chi connectivity index (χ0n) is 11.8. The van der Waals surface area contributed by atoms with E-state index in [2.05, 4.69) is 0 Å².